The molecular formula is C16H20N2O5. The molecule has 23 heavy (non-hydrogen) atoms. The van der Waals surface area contributed by atoms with Crippen molar-refractivity contribution in [1.29, 1.82) is 0 Å². The fourth-order valence-corrected chi connectivity index (χ4v) is 2.34. The van der Waals surface area contributed by atoms with Gasteiger partial charge in [-0.15, -0.1) is 0 Å². The second kappa shape index (κ2) is 8.28. The first-order valence-electron chi connectivity index (χ1n) is 7.50. The molecule has 1 aliphatic rings. The van der Waals surface area contributed by atoms with Crippen LogP contribution in [0.25, 0.3) is 0 Å². The lowest BCUT2D eigenvalue weighted by atomic mass is 10.2. The normalized spacial score (nSPS) is 17.0. The maximum atomic E-state index is 12.1. The van der Waals surface area contributed by atoms with E-state index in [0.717, 1.165) is 5.75 Å². The van der Waals surface area contributed by atoms with Crippen molar-refractivity contribution in [2.75, 3.05) is 26.4 Å². The molecule has 1 aliphatic heterocycles. The molecule has 0 spiro atoms. The van der Waals surface area contributed by atoms with Crippen LogP contribution in [0.2, 0.25) is 0 Å². The van der Waals surface area contributed by atoms with Gasteiger partial charge in [-0.05, 0) is 19.1 Å². The number of hydrogen-bond acceptors (Lipinski definition) is 5. The summed E-state index contributed by atoms with van der Waals surface area (Å²) in [5, 5.41) is 2.20. The van der Waals surface area contributed by atoms with Gasteiger partial charge < -0.3 is 14.4 Å². The Morgan fingerprint density at radius 1 is 1.26 bits per heavy atom. The Balaban J connectivity index is 1.71. The Labute approximate surface area is 134 Å². The number of likely N-dealkylation sites (N-methyl/N-ethyl adjacent to an activating group) is 1. The molecule has 1 aromatic carbocycles. The van der Waals surface area contributed by atoms with E-state index in [0.29, 0.717) is 13.2 Å². The van der Waals surface area contributed by atoms with Gasteiger partial charge in [0.15, 0.2) is 0 Å². The highest BCUT2D eigenvalue weighted by atomic mass is 16.5. The van der Waals surface area contributed by atoms with Crippen molar-refractivity contribution in [2.24, 2.45) is 0 Å². The van der Waals surface area contributed by atoms with E-state index >= 15 is 0 Å². The van der Waals surface area contributed by atoms with Gasteiger partial charge in [0.25, 0.3) is 0 Å². The maximum absolute atomic E-state index is 12.1. The van der Waals surface area contributed by atoms with Gasteiger partial charge in [-0.3, -0.25) is 19.7 Å². The van der Waals surface area contributed by atoms with Gasteiger partial charge in [0, 0.05) is 6.54 Å². The highest BCUT2D eigenvalue weighted by Gasteiger charge is 2.36. The van der Waals surface area contributed by atoms with Crippen LogP contribution in [-0.4, -0.2) is 55.0 Å². The molecule has 0 bridgehead atoms. The van der Waals surface area contributed by atoms with Crippen LogP contribution in [0.5, 0.6) is 5.75 Å². The van der Waals surface area contributed by atoms with Crippen LogP contribution in [-0.2, 0) is 19.1 Å². The summed E-state index contributed by atoms with van der Waals surface area (Å²) < 4.78 is 10.7. The summed E-state index contributed by atoms with van der Waals surface area (Å²) >= 11 is 0. The fourth-order valence-electron chi connectivity index (χ4n) is 2.34. The number of para-hydroxylation sites is 1. The lowest BCUT2D eigenvalue weighted by Crippen LogP contribution is -2.46. The number of imide groups is 1. The van der Waals surface area contributed by atoms with Crippen LogP contribution in [0.15, 0.2) is 30.3 Å². The molecule has 1 atom stereocenters. The van der Waals surface area contributed by atoms with E-state index in [9.17, 15) is 14.4 Å². The molecule has 7 heteroatoms. The van der Waals surface area contributed by atoms with Crippen LogP contribution in [0.4, 0.5) is 0 Å². The number of carbonyl (C=O) groups excluding carboxylic acids is 3. The van der Waals surface area contributed by atoms with Crippen molar-refractivity contribution >= 4 is 17.7 Å². The van der Waals surface area contributed by atoms with Crippen molar-refractivity contribution < 1.29 is 23.9 Å². The second-order valence-electron chi connectivity index (χ2n) is 5.03. The summed E-state index contributed by atoms with van der Waals surface area (Å²) in [5.41, 5.74) is 0. The first-order valence-corrected chi connectivity index (χ1v) is 7.50. The minimum Gasteiger partial charge on any atom is -0.491 e. The molecule has 0 aromatic heterocycles. The molecule has 0 unspecified atom stereocenters. The Morgan fingerprint density at radius 2 is 2.00 bits per heavy atom. The maximum Gasteiger partial charge on any atom is 0.249 e. The average molecular weight is 320 g/mol. The van der Waals surface area contributed by atoms with Gasteiger partial charge in [-0.25, -0.2) is 0 Å². The zero-order valence-corrected chi connectivity index (χ0v) is 13.0. The Bertz CT molecular complexity index is 561. The van der Waals surface area contributed by atoms with E-state index < -0.39 is 11.9 Å². The molecule has 124 valence electrons. The molecule has 1 fully saturated rings. The molecule has 1 N–H and O–H groups in total. The van der Waals surface area contributed by atoms with E-state index in [2.05, 4.69) is 5.32 Å². The molecule has 0 aliphatic carbocycles. The summed E-state index contributed by atoms with van der Waals surface area (Å²) in [5.74, 6) is -0.373. The predicted octanol–water partition coefficient (Wildman–Crippen LogP) is 0.346. The molecule has 0 saturated carbocycles. The predicted molar refractivity (Wildman–Crippen MR) is 81.7 cm³/mol. The average Bonchev–Trinajstić information content (AvgIpc) is 2.87. The molecule has 7 nitrogen and oxygen atoms in total. The summed E-state index contributed by atoms with van der Waals surface area (Å²) in [7, 11) is 0. The van der Waals surface area contributed by atoms with E-state index in [1.807, 2.05) is 30.3 Å². The lowest BCUT2D eigenvalue weighted by molar-refractivity contribution is -0.142. The summed E-state index contributed by atoms with van der Waals surface area (Å²) in [6.45, 7) is 2.53. The number of hydrogen-bond donors (Lipinski definition) is 1. The first-order chi connectivity index (χ1) is 11.1. The van der Waals surface area contributed by atoms with Gasteiger partial charge in [0.1, 0.15) is 25.0 Å². The minimum atomic E-state index is -0.732. The molecule has 1 saturated heterocycles. The van der Waals surface area contributed by atoms with Crippen molar-refractivity contribution in [3.63, 3.8) is 0 Å². The third-order valence-electron chi connectivity index (χ3n) is 3.45. The summed E-state index contributed by atoms with van der Waals surface area (Å²) in [6, 6.07) is 8.56. The number of amides is 3. The van der Waals surface area contributed by atoms with Crippen molar-refractivity contribution in [1.82, 2.24) is 10.2 Å². The second-order valence-corrected chi connectivity index (χ2v) is 5.03. The van der Waals surface area contributed by atoms with Crippen molar-refractivity contribution in [3.8, 4) is 5.75 Å². The van der Waals surface area contributed by atoms with Crippen LogP contribution in [0.3, 0.4) is 0 Å². The third-order valence-corrected chi connectivity index (χ3v) is 3.45. The molecule has 3 amide bonds. The van der Waals surface area contributed by atoms with Crippen LogP contribution in [0.1, 0.15) is 13.3 Å². The molecule has 1 heterocycles. The summed E-state index contributed by atoms with van der Waals surface area (Å²) in [6.07, 6.45) is 0.00946. The van der Waals surface area contributed by atoms with Crippen LogP contribution < -0.4 is 10.1 Å². The topological polar surface area (TPSA) is 84.9 Å². The number of ether oxygens (including phenoxy) is 2. The zero-order valence-electron chi connectivity index (χ0n) is 13.0. The van der Waals surface area contributed by atoms with Gasteiger partial charge in [-0.1, -0.05) is 18.2 Å². The van der Waals surface area contributed by atoms with E-state index in [4.69, 9.17) is 9.47 Å². The quantitative estimate of drug-likeness (QED) is 0.552. The Hall–Kier alpha value is -2.41. The van der Waals surface area contributed by atoms with Crippen LogP contribution in [0, 0.1) is 0 Å². The van der Waals surface area contributed by atoms with Gasteiger partial charge in [0.2, 0.25) is 17.7 Å². The number of benzene rings is 1. The lowest BCUT2D eigenvalue weighted by Gasteiger charge is -2.25. The number of rotatable bonds is 8. The highest BCUT2D eigenvalue weighted by molar-refractivity contribution is 6.06. The van der Waals surface area contributed by atoms with E-state index in [1.165, 1.54) is 4.90 Å². The Kier molecular flexibility index (Phi) is 6.10. The highest BCUT2D eigenvalue weighted by Crippen LogP contribution is 2.11. The standard InChI is InChI=1S/C16H20N2O5/c1-2-18(13-10-14(19)17-16(13)21)15(20)11-22-8-9-23-12-6-4-3-5-7-12/h3-7,13H,2,8-11H2,1H3,(H,17,19,21)/t13-/m0/s1. The fraction of sp³-hybridized carbons (Fsp3) is 0.438. The number of carbonyl (C=O) groups is 3. The van der Waals surface area contributed by atoms with Gasteiger partial charge in [-0.2, -0.15) is 0 Å². The number of nitrogens with zero attached hydrogens (tertiary/aromatic N) is 1. The zero-order chi connectivity index (χ0) is 16.7. The monoisotopic (exact) mass is 320 g/mol. The van der Waals surface area contributed by atoms with Crippen molar-refractivity contribution in [3.05, 3.63) is 30.3 Å². The number of nitrogens with one attached hydrogen (secondary N) is 1. The third kappa shape index (κ3) is 4.79. The SMILES string of the molecule is CCN(C(=O)COCCOc1ccccc1)[C@H]1CC(=O)NC1=O. The molecule has 0 radical (unpaired) electrons. The van der Waals surface area contributed by atoms with Crippen LogP contribution >= 0.6 is 0 Å². The molecule has 1 aromatic rings. The van der Waals surface area contributed by atoms with E-state index in [1.54, 1.807) is 6.92 Å². The first kappa shape index (κ1) is 17.0. The van der Waals surface area contributed by atoms with Crippen molar-refractivity contribution in [2.45, 2.75) is 19.4 Å². The van der Waals surface area contributed by atoms with Gasteiger partial charge >= 0.3 is 0 Å². The van der Waals surface area contributed by atoms with E-state index in [-0.39, 0.29) is 31.4 Å². The smallest absolute Gasteiger partial charge is 0.249 e. The minimum absolute atomic E-state index is 0.00946. The summed E-state index contributed by atoms with van der Waals surface area (Å²) in [4.78, 5) is 36.3. The molecular weight excluding hydrogens is 300 g/mol. The van der Waals surface area contributed by atoms with Gasteiger partial charge in [0.05, 0.1) is 13.0 Å². The Morgan fingerprint density at radius 3 is 2.61 bits per heavy atom. The molecule has 2 rings (SSSR count). The largest absolute Gasteiger partial charge is 0.491 e.